The molecule has 0 aliphatic carbocycles. The van der Waals surface area contributed by atoms with Crippen molar-refractivity contribution in [1.29, 1.82) is 0 Å². The van der Waals surface area contributed by atoms with Crippen molar-refractivity contribution in [3.8, 4) is 0 Å². The number of nitrogens with one attached hydrogen (secondary N) is 1. The topological polar surface area (TPSA) is 31.0 Å². The van der Waals surface area contributed by atoms with Gasteiger partial charge in [-0.2, -0.15) is 0 Å². The molecule has 1 aromatic carbocycles. The Bertz CT molecular complexity index is 596. The third-order valence-electron chi connectivity index (χ3n) is 6.53. The molecule has 2 aliphatic rings. The number of hydrogen-bond donors (Lipinski definition) is 1. The molecule has 0 spiro atoms. The minimum Gasteiger partial charge on any atom is -0.374 e. The summed E-state index contributed by atoms with van der Waals surface area (Å²) in [7, 11) is 0. The van der Waals surface area contributed by atoms with Crippen LogP contribution < -0.4 is 10.2 Å². The fraction of sp³-hybridized carbons (Fsp3) is 0.760. The van der Waals surface area contributed by atoms with Crippen molar-refractivity contribution in [2.75, 3.05) is 63.9 Å². The van der Waals surface area contributed by atoms with Crippen LogP contribution in [0.5, 0.6) is 0 Å². The van der Waals surface area contributed by atoms with Crippen LogP contribution in [0.3, 0.4) is 0 Å². The number of anilines is 1. The first-order chi connectivity index (χ1) is 14.5. The molecule has 0 amide bonds. The molecule has 3 rings (SSSR count). The highest BCUT2D eigenvalue weighted by Gasteiger charge is 2.20. The lowest BCUT2D eigenvalue weighted by Crippen LogP contribution is -2.48. The summed E-state index contributed by atoms with van der Waals surface area (Å²) in [6, 6.07) is 9.78. The quantitative estimate of drug-likeness (QED) is 0.631. The third kappa shape index (κ3) is 7.52. The van der Waals surface area contributed by atoms with E-state index < -0.39 is 0 Å². The summed E-state index contributed by atoms with van der Waals surface area (Å²) in [4.78, 5) is 7.65. The molecule has 0 radical (unpaired) electrons. The van der Waals surface area contributed by atoms with E-state index in [1.54, 1.807) is 0 Å². The van der Waals surface area contributed by atoms with E-state index in [0.717, 1.165) is 64.9 Å². The molecule has 0 bridgehead atoms. The van der Waals surface area contributed by atoms with E-state index in [0.29, 0.717) is 12.1 Å². The van der Waals surface area contributed by atoms with Gasteiger partial charge in [0.2, 0.25) is 0 Å². The minimum atomic E-state index is 0.314. The average Bonchev–Trinajstić information content (AvgIpc) is 2.74. The largest absolute Gasteiger partial charge is 0.374 e. The van der Waals surface area contributed by atoms with E-state index >= 15 is 0 Å². The van der Waals surface area contributed by atoms with Crippen molar-refractivity contribution >= 4 is 5.69 Å². The predicted octanol–water partition coefficient (Wildman–Crippen LogP) is 3.44. The molecule has 5 nitrogen and oxygen atoms in total. The molecule has 1 aromatic rings. The third-order valence-corrected chi connectivity index (χ3v) is 6.53. The maximum atomic E-state index is 5.98. The highest BCUT2D eigenvalue weighted by atomic mass is 16.5. The lowest BCUT2D eigenvalue weighted by Gasteiger charge is -2.38. The zero-order valence-electron chi connectivity index (χ0n) is 19.8. The van der Waals surface area contributed by atoms with E-state index in [4.69, 9.17) is 4.74 Å². The van der Waals surface area contributed by atoms with Gasteiger partial charge in [0.05, 0.1) is 12.7 Å². The van der Waals surface area contributed by atoms with Gasteiger partial charge in [0.1, 0.15) is 0 Å². The fourth-order valence-electron chi connectivity index (χ4n) is 4.53. The van der Waals surface area contributed by atoms with Crippen molar-refractivity contribution in [2.45, 2.75) is 59.2 Å². The van der Waals surface area contributed by atoms with E-state index in [2.05, 4.69) is 72.0 Å². The van der Waals surface area contributed by atoms with Crippen LogP contribution in [0.1, 0.15) is 46.1 Å². The summed E-state index contributed by atoms with van der Waals surface area (Å²) in [5.74, 6) is 0.805. The molecule has 0 saturated carbocycles. The monoisotopic (exact) mass is 416 g/mol. The van der Waals surface area contributed by atoms with Gasteiger partial charge < -0.3 is 15.0 Å². The fourth-order valence-corrected chi connectivity index (χ4v) is 4.53. The van der Waals surface area contributed by atoms with Gasteiger partial charge in [-0.15, -0.1) is 0 Å². The van der Waals surface area contributed by atoms with Crippen LogP contribution in [0, 0.1) is 5.92 Å². The van der Waals surface area contributed by atoms with E-state index in [1.807, 2.05) is 0 Å². The van der Waals surface area contributed by atoms with E-state index in [9.17, 15) is 0 Å². The Morgan fingerprint density at radius 3 is 2.40 bits per heavy atom. The molecular formula is C25H44N4O. The van der Waals surface area contributed by atoms with Gasteiger partial charge in [-0.3, -0.25) is 9.80 Å². The smallest absolute Gasteiger partial charge is 0.0826 e. The molecule has 0 unspecified atom stereocenters. The van der Waals surface area contributed by atoms with Crippen molar-refractivity contribution in [3.63, 3.8) is 0 Å². The summed E-state index contributed by atoms with van der Waals surface area (Å²) in [6.07, 6.45) is 2.94. The van der Waals surface area contributed by atoms with Gasteiger partial charge in [-0.1, -0.05) is 26.0 Å². The second-order valence-corrected chi connectivity index (χ2v) is 9.74. The standard InChI is InChI=1S/C25H44N4O/c1-21(2)6-5-11-27-16-17-30-25(20-27)19-26-18-23-7-9-24(10-8-23)29-14-12-28(13-15-29)22(3)4/h7-10,21-22,25-26H,5-6,11-20H2,1-4H3/t25-/m0/s1. The van der Waals surface area contributed by atoms with Crippen molar-refractivity contribution in [1.82, 2.24) is 15.1 Å². The molecule has 1 atom stereocenters. The number of ether oxygens (including phenoxy) is 1. The number of morpholine rings is 1. The summed E-state index contributed by atoms with van der Waals surface area (Å²) < 4.78 is 5.98. The van der Waals surface area contributed by atoms with Gasteiger partial charge in [0, 0.05) is 64.1 Å². The zero-order chi connectivity index (χ0) is 21.3. The lowest BCUT2D eigenvalue weighted by atomic mass is 10.1. The number of rotatable bonds is 10. The SMILES string of the molecule is CC(C)CCCN1CCO[C@@H](CNCc2ccc(N3CCN(C(C)C)CC3)cc2)C1. The summed E-state index contributed by atoms with van der Waals surface area (Å²) in [6.45, 7) is 19.9. The Morgan fingerprint density at radius 1 is 1.00 bits per heavy atom. The van der Waals surface area contributed by atoms with Crippen LogP contribution >= 0.6 is 0 Å². The number of hydrogen-bond acceptors (Lipinski definition) is 5. The first-order valence-electron chi connectivity index (χ1n) is 12.1. The Morgan fingerprint density at radius 2 is 1.73 bits per heavy atom. The Kier molecular flexibility index (Phi) is 9.44. The molecule has 2 fully saturated rings. The van der Waals surface area contributed by atoms with Gasteiger partial charge in [-0.05, 0) is 56.8 Å². The summed E-state index contributed by atoms with van der Waals surface area (Å²) >= 11 is 0. The van der Waals surface area contributed by atoms with Crippen LogP contribution in [0.15, 0.2) is 24.3 Å². The van der Waals surface area contributed by atoms with Crippen molar-refractivity contribution in [3.05, 3.63) is 29.8 Å². The predicted molar refractivity (Wildman–Crippen MR) is 127 cm³/mol. The van der Waals surface area contributed by atoms with Crippen molar-refractivity contribution in [2.24, 2.45) is 5.92 Å². The Hall–Kier alpha value is -1.14. The molecule has 2 heterocycles. The highest BCUT2D eigenvalue weighted by Crippen LogP contribution is 2.18. The molecule has 5 heteroatoms. The first kappa shape index (κ1) is 23.5. The number of piperazine rings is 1. The molecule has 30 heavy (non-hydrogen) atoms. The first-order valence-corrected chi connectivity index (χ1v) is 12.1. The lowest BCUT2D eigenvalue weighted by molar-refractivity contribution is -0.0277. The Balaban J connectivity index is 1.35. The van der Waals surface area contributed by atoms with Gasteiger partial charge in [-0.25, -0.2) is 0 Å². The molecular weight excluding hydrogens is 372 g/mol. The molecule has 2 saturated heterocycles. The van der Waals surface area contributed by atoms with E-state index in [-0.39, 0.29) is 0 Å². The number of benzene rings is 1. The summed E-state index contributed by atoms with van der Waals surface area (Å²) in [5.41, 5.74) is 2.71. The molecule has 1 N–H and O–H groups in total. The second-order valence-electron chi connectivity index (χ2n) is 9.74. The molecule has 2 aliphatic heterocycles. The number of nitrogens with zero attached hydrogens (tertiary/aromatic N) is 3. The van der Waals surface area contributed by atoms with Gasteiger partial charge in [0.15, 0.2) is 0 Å². The maximum absolute atomic E-state index is 5.98. The van der Waals surface area contributed by atoms with Crippen LogP contribution in [-0.4, -0.2) is 80.9 Å². The van der Waals surface area contributed by atoms with Crippen LogP contribution in [0.4, 0.5) is 5.69 Å². The second kappa shape index (κ2) is 12.0. The summed E-state index contributed by atoms with van der Waals surface area (Å²) in [5, 5.41) is 3.61. The zero-order valence-corrected chi connectivity index (χ0v) is 19.8. The highest BCUT2D eigenvalue weighted by molar-refractivity contribution is 5.48. The normalized spacial score (nSPS) is 21.7. The minimum absolute atomic E-state index is 0.314. The maximum Gasteiger partial charge on any atom is 0.0826 e. The Labute approximate surface area is 184 Å². The molecule has 170 valence electrons. The van der Waals surface area contributed by atoms with Crippen LogP contribution in [-0.2, 0) is 11.3 Å². The van der Waals surface area contributed by atoms with Gasteiger partial charge >= 0.3 is 0 Å². The van der Waals surface area contributed by atoms with Crippen LogP contribution in [0.25, 0.3) is 0 Å². The van der Waals surface area contributed by atoms with Gasteiger partial charge in [0.25, 0.3) is 0 Å². The van der Waals surface area contributed by atoms with Crippen LogP contribution in [0.2, 0.25) is 0 Å². The van der Waals surface area contributed by atoms with E-state index in [1.165, 1.54) is 30.6 Å². The van der Waals surface area contributed by atoms with Crippen molar-refractivity contribution < 1.29 is 4.74 Å². The molecule has 0 aromatic heterocycles. The average molecular weight is 417 g/mol.